The molecule has 3 nitrogen and oxygen atoms in total. The van der Waals surface area contributed by atoms with E-state index < -0.39 is 17.7 Å². The number of hydrogen-bond acceptors (Lipinski definition) is 2. The molecule has 1 N–H and O–H groups in total. The van der Waals surface area contributed by atoms with E-state index in [-0.39, 0.29) is 5.56 Å². The lowest BCUT2D eigenvalue weighted by molar-refractivity contribution is 0.474. The molecule has 0 saturated carbocycles. The van der Waals surface area contributed by atoms with E-state index in [2.05, 4.69) is 17.2 Å². The van der Waals surface area contributed by atoms with Gasteiger partial charge in [-0.25, -0.2) is 13.8 Å². The minimum absolute atomic E-state index is 0.0366. The summed E-state index contributed by atoms with van der Waals surface area (Å²) in [5.74, 6) is -0.446. The lowest BCUT2D eigenvalue weighted by Gasteiger charge is -2.21. The fourth-order valence-electron chi connectivity index (χ4n) is 2.41. The third-order valence-electron chi connectivity index (χ3n) is 3.36. The molecule has 1 aromatic heterocycles. The van der Waals surface area contributed by atoms with Crippen LogP contribution >= 0.6 is 0 Å². The quantitative estimate of drug-likeness (QED) is 0.844. The van der Waals surface area contributed by atoms with Gasteiger partial charge in [0.05, 0.1) is 6.04 Å². The summed E-state index contributed by atoms with van der Waals surface area (Å²) in [6, 6.07) is 3.37. The Morgan fingerprint density at radius 3 is 2.52 bits per heavy atom. The van der Waals surface area contributed by atoms with Crippen LogP contribution in [0.2, 0.25) is 0 Å². The average Bonchev–Trinajstić information content (AvgIpc) is 2.90. The molecule has 2 aromatic rings. The predicted octanol–water partition coefficient (Wildman–Crippen LogP) is 3.66. The van der Waals surface area contributed by atoms with Gasteiger partial charge in [-0.05, 0) is 31.5 Å². The van der Waals surface area contributed by atoms with Gasteiger partial charge in [-0.1, -0.05) is 19.9 Å². The Labute approximate surface area is 124 Å². The third-order valence-corrected chi connectivity index (χ3v) is 3.36. The molecular weight excluding hydrogens is 272 g/mol. The second kappa shape index (κ2) is 7.31. The van der Waals surface area contributed by atoms with Gasteiger partial charge in [-0.3, -0.25) is 0 Å². The fourth-order valence-corrected chi connectivity index (χ4v) is 2.41. The van der Waals surface area contributed by atoms with Crippen molar-refractivity contribution >= 4 is 0 Å². The van der Waals surface area contributed by atoms with Gasteiger partial charge in [-0.15, -0.1) is 0 Å². The highest BCUT2D eigenvalue weighted by molar-refractivity contribution is 5.28. The zero-order valence-electron chi connectivity index (χ0n) is 12.4. The molecule has 0 amide bonds. The number of nitrogens with zero attached hydrogens (tertiary/aromatic N) is 2. The first kappa shape index (κ1) is 15.6. The first-order chi connectivity index (χ1) is 10.2. The van der Waals surface area contributed by atoms with Gasteiger partial charge in [0, 0.05) is 24.5 Å². The summed E-state index contributed by atoms with van der Waals surface area (Å²) >= 11 is 0. The molecule has 2 rings (SSSR count). The molecule has 1 atom stereocenters. The maximum Gasteiger partial charge on any atom is 0.131 e. The van der Waals surface area contributed by atoms with E-state index in [0.717, 1.165) is 19.4 Å². The van der Waals surface area contributed by atoms with Crippen LogP contribution in [0.25, 0.3) is 0 Å². The van der Waals surface area contributed by atoms with Gasteiger partial charge in [0.15, 0.2) is 0 Å². The summed E-state index contributed by atoms with van der Waals surface area (Å²) in [5.41, 5.74) is 0.0366. The van der Waals surface area contributed by atoms with E-state index >= 15 is 0 Å². The Kier molecular flexibility index (Phi) is 5.44. The van der Waals surface area contributed by atoms with Gasteiger partial charge in [0.1, 0.15) is 17.5 Å². The van der Waals surface area contributed by atoms with Crippen LogP contribution in [0.4, 0.5) is 8.78 Å². The average molecular weight is 293 g/mol. The first-order valence-corrected chi connectivity index (χ1v) is 7.37. The lowest BCUT2D eigenvalue weighted by Crippen LogP contribution is -2.28. The highest BCUT2D eigenvalue weighted by Crippen LogP contribution is 2.26. The molecule has 0 aliphatic heterocycles. The molecule has 0 aliphatic carbocycles. The zero-order chi connectivity index (χ0) is 15.2. The second-order valence-electron chi connectivity index (χ2n) is 5.00. The smallest absolute Gasteiger partial charge is 0.131 e. The van der Waals surface area contributed by atoms with Crippen molar-refractivity contribution in [1.29, 1.82) is 0 Å². The van der Waals surface area contributed by atoms with Crippen LogP contribution < -0.4 is 5.32 Å². The van der Waals surface area contributed by atoms with Crippen LogP contribution in [0.5, 0.6) is 0 Å². The Morgan fingerprint density at radius 2 is 1.90 bits per heavy atom. The topological polar surface area (TPSA) is 29.9 Å². The Balaban J connectivity index is 2.45. The van der Waals surface area contributed by atoms with Crippen molar-refractivity contribution in [3.05, 3.63) is 53.6 Å². The Bertz CT molecular complexity index is 560. The molecule has 0 saturated heterocycles. The number of rotatable bonds is 7. The number of aromatic nitrogens is 2. The zero-order valence-corrected chi connectivity index (χ0v) is 12.4. The van der Waals surface area contributed by atoms with Crippen molar-refractivity contribution in [2.45, 2.75) is 39.3 Å². The molecule has 1 unspecified atom stereocenters. The van der Waals surface area contributed by atoms with Crippen molar-refractivity contribution in [1.82, 2.24) is 14.9 Å². The predicted molar refractivity (Wildman–Crippen MR) is 79.0 cm³/mol. The molecule has 21 heavy (non-hydrogen) atoms. The van der Waals surface area contributed by atoms with Crippen molar-refractivity contribution < 1.29 is 8.78 Å². The van der Waals surface area contributed by atoms with Crippen molar-refractivity contribution in [3.63, 3.8) is 0 Å². The van der Waals surface area contributed by atoms with Crippen molar-refractivity contribution in [2.75, 3.05) is 6.54 Å². The summed E-state index contributed by atoms with van der Waals surface area (Å²) in [5, 5.41) is 3.21. The number of imidazole rings is 1. The molecule has 5 heteroatoms. The molecule has 1 aromatic carbocycles. The number of nitrogens with one attached hydrogen (secondary N) is 1. The molecular formula is C16H21F2N3. The molecule has 0 aliphatic rings. The maximum atomic E-state index is 14.1. The number of aryl methyl sites for hydroxylation is 1. The van der Waals surface area contributed by atoms with E-state index in [1.807, 2.05) is 17.7 Å². The van der Waals surface area contributed by atoms with Gasteiger partial charge < -0.3 is 9.88 Å². The highest BCUT2D eigenvalue weighted by atomic mass is 19.1. The summed E-state index contributed by atoms with van der Waals surface area (Å²) < 4.78 is 30.2. The van der Waals surface area contributed by atoms with Crippen molar-refractivity contribution in [2.24, 2.45) is 0 Å². The second-order valence-corrected chi connectivity index (χ2v) is 5.00. The van der Waals surface area contributed by atoms with Gasteiger partial charge in [-0.2, -0.15) is 0 Å². The fraction of sp³-hybridized carbons (Fsp3) is 0.438. The molecule has 0 spiro atoms. The van der Waals surface area contributed by atoms with E-state index in [0.29, 0.717) is 12.4 Å². The van der Waals surface area contributed by atoms with Crippen LogP contribution in [0, 0.1) is 11.6 Å². The van der Waals surface area contributed by atoms with Crippen LogP contribution in [-0.2, 0) is 6.54 Å². The van der Waals surface area contributed by atoms with Crippen LogP contribution in [0.3, 0.4) is 0 Å². The third kappa shape index (κ3) is 3.47. The minimum atomic E-state index is -0.576. The number of halogens is 2. The normalized spacial score (nSPS) is 12.6. The molecule has 0 radical (unpaired) electrons. The summed E-state index contributed by atoms with van der Waals surface area (Å²) in [7, 11) is 0. The lowest BCUT2D eigenvalue weighted by atomic mass is 10.0. The number of hydrogen-bond donors (Lipinski definition) is 1. The minimum Gasteiger partial charge on any atom is -0.333 e. The molecule has 0 fully saturated rings. The SMILES string of the molecule is CCCNC(c1c(F)cccc1F)c1nccn1CCC. The molecule has 1 heterocycles. The van der Waals surface area contributed by atoms with Crippen LogP contribution in [0.1, 0.15) is 44.1 Å². The van der Waals surface area contributed by atoms with Crippen LogP contribution in [0.15, 0.2) is 30.6 Å². The Hall–Kier alpha value is -1.75. The van der Waals surface area contributed by atoms with Crippen LogP contribution in [-0.4, -0.2) is 16.1 Å². The van der Waals surface area contributed by atoms with Crippen molar-refractivity contribution in [3.8, 4) is 0 Å². The summed E-state index contributed by atoms with van der Waals surface area (Å²) in [6.07, 6.45) is 5.33. The highest BCUT2D eigenvalue weighted by Gasteiger charge is 2.24. The van der Waals surface area contributed by atoms with Gasteiger partial charge in [0.2, 0.25) is 0 Å². The molecule has 114 valence electrons. The van der Waals surface area contributed by atoms with Gasteiger partial charge >= 0.3 is 0 Å². The molecule has 0 bridgehead atoms. The number of benzene rings is 1. The monoisotopic (exact) mass is 293 g/mol. The van der Waals surface area contributed by atoms with E-state index in [1.54, 1.807) is 6.20 Å². The van der Waals surface area contributed by atoms with Gasteiger partial charge in [0.25, 0.3) is 0 Å². The van der Waals surface area contributed by atoms with E-state index in [1.165, 1.54) is 18.2 Å². The largest absolute Gasteiger partial charge is 0.333 e. The first-order valence-electron chi connectivity index (χ1n) is 7.37. The van der Waals surface area contributed by atoms with E-state index in [9.17, 15) is 8.78 Å². The summed E-state index contributed by atoms with van der Waals surface area (Å²) in [6.45, 7) is 5.51. The maximum absolute atomic E-state index is 14.1. The summed E-state index contributed by atoms with van der Waals surface area (Å²) in [4.78, 5) is 4.31. The Morgan fingerprint density at radius 1 is 1.19 bits per heavy atom. The van der Waals surface area contributed by atoms with E-state index in [4.69, 9.17) is 0 Å². The standard InChI is InChI=1S/C16H21F2N3/c1-3-8-19-15(14-12(17)6-5-7-13(14)18)16-20-9-11-21(16)10-4-2/h5-7,9,11,15,19H,3-4,8,10H2,1-2H3.